The Labute approximate surface area is 97.7 Å². The van der Waals surface area contributed by atoms with E-state index in [1.165, 1.54) is 12.8 Å². The van der Waals surface area contributed by atoms with Gasteiger partial charge in [-0.2, -0.15) is 0 Å². The lowest BCUT2D eigenvalue weighted by Gasteiger charge is -2.23. The van der Waals surface area contributed by atoms with Crippen LogP contribution in [-0.2, 0) is 6.54 Å². The molecule has 3 nitrogen and oxygen atoms in total. The lowest BCUT2D eigenvalue weighted by atomic mass is 10.2. The predicted molar refractivity (Wildman–Crippen MR) is 65.9 cm³/mol. The smallest absolute Gasteiger partial charge is 0.0543 e. The monoisotopic (exact) mass is 219 g/mol. The molecule has 0 bridgehead atoms. The van der Waals surface area contributed by atoms with Crippen molar-refractivity contribution in [3.8, 4) is 0 Å². The highest BCUT2D eigenvalue weighted by atomic mass is 15.1. The summed E-state index contributed by atoms with van der Waals surface area (Å²) in [6.45, 7) is 5.13. The molecule has 1 aromatic rings. The van der Waals surface area contributed by atoms with E-state index in [1.807, 2.05) is 18.3 Å². The number of hydrogen-bond acceptors (Lipinski definition) is 3. The summed E-state index contributed by atoms with van der Waals surface area (Å²) in [4.78, 5) is 6.73. The van der Waals surface area contributed by atoms with Gasteiger partial charge in [0.05, 0.1) is 5.69 Å². The summed E-state index contributed by atoms with van der Waals surface area (Å²) < 4.78 is 0. The third-order valence-electron chi connectivity index (χ3n) is 3.26. The van der Waals surface area contributed by atoms with Gasteiger partial charge in [-0.25, -0.2) is 0 Å². The molecule has 1 fully saturated rings. The van der Waals surface area contributed by atoms with Gasteiger partial charge in [0.2, 0.25) is 0 Å². The number of nitrogens with two attached hydrogens (primary N) is 1. The summed E-state index contributed by atoms with van der Waals surface area (Å²) >= 11 is 0. The van der Waals surface area contributed by atoms with E-state index in [9.17, 15) is 0 Å². The second-order valence-corrected chi connectivity index (χ2v) is 4.65. The maximum Gasteiger partial charge on any atom is 0.0543 e. The van der Waals surface area contributed by atoms with Crippen LogP contribution in [0.15, 0.2) is 24.4 Å². The van der Waals surface area contributed by atoms with Crippen molar-refractivity contribution < 1.29 is 0 Å². The standard InChI is InChI=1S/C13H21N3/c1-2-16(10-13(14)11-6-7-11)9-12-5-3-4-8-15-12/h3-5,8,11,13H,2,6-7,9-10,14H2,1H3. The number of rotatable bonds is 6. The van der Waals surface area contributed by atoms with E-state index in [4.69, 9.17) is 5.73 Å². The third kappa shape index (κ3) is 3.29. The van der Waals surface area contributed by atoms with Crippen molar-refractivity contribution >= 4 is 0 Å². The van der Waals surface area contributed by atoms with E-state index in [0.29, 0.717) is 6.04 Å². The van der Waals surface area contributed by atoms with Crippen LogP contribution in [0.3, 0.4) is 0 Å². The molecule has 1 aliphatic rings. The normalized spacial score (nSPS) is 17.7. The zero-order valence-corrected chi connectivity index (χ0v) is 9.97. The van der Waals surface area contributed by atoms with Gasteiger partial charge >= 0.3 is 0 Å². The summed E-state index contributed by atoms with van der Waals surface area (Å²) in [5.74, 6) is 0.776. The van der Waals surface area contributed by atoms with Gasteiger partial charge in [-0.3, -0.25) is 9.88 Å². The summed E-state index contributed by atoms with van der Waals surface area (Å²) in [5, 5.41) is 0. The van der Waals surface area contributed by atoms with E-state index in [2.05, 4.69) is 22.9 Å². The van der Waals surface area contributed by atoms with Gasteiger partial charge in [0.1, 0.15) is 0 Å². The molecule has 1 saturated carbocycles. The summed E-state index contributed by atoms with van der Waals surface area (Å²) in [6, 6.07) is 6.42. The van der Waals surface area contributed by atoms with Crippen LogP contribution in [0.1, 0.15) is 25.5 Å². The number of nitrogens with zero attached hydrogens (tertiary/aromatic N) is 2. The molecular formula is C13H21N3. The molecule has 1 heterocycles. The van der Waals surface area contributed by atoms with Crippen molar-refractivity contribution in [1.82, 2.24) is 9.88 Å². The quantitative estimate of drug-likeness (QED) is 0.791. The van der Waals surface area contributed by atoms with Crippen molar-refractivity contribution in [2.45, 2.75) is 32.4 Å². The van der Waals surface area contributed by atoms with Crippen molar-refractivity contribution in [3.63, 3.8) is 0 Å². The van der Waals surface area contributed by atoms with Crippen molar-refractivity contribution in [1.29, 1.82) is 0 Å². The van der Waals surface area contributed by atoms with E-state index in [-0.39, 0.29) is 0 Å². The first-order valence-electron chi connectivity index (χ1n) is 6.17. The summed E-state index contributed by atoms with van der Waals surface area (Å²) in [5.41, 5.74) is 7.28. The first-order valence-corrected chi connectivity index (χ1v) is 6.17. The largest absolute Gasteiger partial charge is 0.326 e. The Morgan fingerprint density at radius 3 is 2.88 bits per heavy atom. The fraction of sp³-hybridized carbons (Fsp3) is 0.615. The maximum atomic E-state index is 6.15. The van der Waals surface area contributed by atoms with Crippen molar-refractivity contribution in [2.24, 2.45) is 11.7 Å². The number of pyridine rings is 1. The van der Waals surface area contributed by atoms with E-state index in [1.54, 1.807) is 0 Å². The highest BCUT2D eigenvalue weighted by molar-refractivity contribution is 5.03. The molecule has 2 rings (SSSR count). The molecule has 88 valence electrons. The molecule has 1 unspecified atom stereocenters. The second kappa shape index (κ2) is 5.41. The highest BCUT2D eigenvalue weighted by Gasteiger charge is 2.29. The number of likely N-dealkylation sites (N-methyl/N-ethyl adjacent to an activating group) is 1. The molecule has 0 saturated heterocycles. The van der Waals surface area contributed by atoms with Crippen LogP contribution in [0.4, 0.5) is 0 Å². The molecule has 0 spiro atoms. The molecule has 16 heavy (non-hydrogen) atoms. The zero-order chi connectivity index (χ0) is 11.4. The Hall–Kier alpha value is -0.930. The molecular weight excluding hydrogens is 198 g/mol. The summed E-state index contributed by atoms with van der Waals surface area (Å²) in [7, 11) is 0. The minimum atomic E-state index is 0.351. The minimum absolute atomic E-state index is 0.351. The Morgan fingerprint density at radius 1 is 1.50 bits per heavy atom. The van der Waals surface area contributed by atoms with E-state index in [0.717, 1.165) is 31.2 Å². The van der Waals surface area contributed by atoms with Gasteiger partial charge in [0, 0.05) is 25.3 Å². The number of aromatic nitrogens is 1. The van der Waals surface area contributed by atoms with Gasteiger partial charge < -0.3 is 5.73 Å². The molecule has 1 atom stereocenters. The van der Waals surface area contributed by atoms with Crippen molar-refractivity contribution in [2.75, 3.05) is 13.1 Å². The van der Waals surface area contributed by atoms with Gasteiger partial charge in [0.15, 0.2) is 0 Å². The van der Waals surface area contributed by atoms with Crippen LogP contribution >= 0.6 is 0 Å². The molecule has 0 aromatic carbocycles. The fourth-order valence-corrected chi connectivity index (χ4v) is 2.00. The van der Waals surface area contributed by atoms with Crippen LogP contribution in [0, 0.1) is 5.92 Å². The van der Waals surface area contributed by atoms with Crippen LogP contribution in [0.25, 0.3) is 0 Å². The third-order valence-corrected chi connectivity index (χ3v) is 3.26. The fourth-order valence-electron chi connectivity index (χ4n) is 2.00. The Balaban J connectivity index is 1.85. The average molecular weight is 219 g/mol. The number of hydrogen-bond donors (Lipinski definition) is 1. The average Bonchev–Trinajstić information content (AvgIpc) is 3.13. The van der Waals surface area contributed by atoms with Gasteiger partial charge in [-0.15, -0.1) is 0 Å². The Bertz CT molecular complexity index is 308. The van der Waals surface area contributed by atoms with E-state index >= 15 is 0 Å². The highest BCUT2D eigenvalue weighted by Crippen LogP contribution is 2.31. The molecule has 1 aliphatic carbocycles. The van der Waals surface area contributed by atoms with Crippen LogP contribution in [0.5, 0.6) is 0 Å². The molecule has 1 aromatic heterocycles. The molecule has 3 heteroatoms. The minimum Gasteiger partial charge on any atom is -0.326 e. The second-order valence-electron chi connectivity index (χ2n) is 4.65. The SMILES string of the molecule is CCN(Cc1ccccn1)CC(N)C1CC1. The molecule has 0 radical (unpaired) electrons. The van der Waals surface area contributed by atoms with Gasteiger partial charge in [-0.1, -0.05) is 13.0 Å². The van der Waals surface area contributed by atoms with E-state index < -0.39 is 0 Å². The Kier molecular flexibility index (Phi) is 3.91. The van der Waals surface area contributed by atoms with Crippen molar-refractivity contribution in [3.05, 3.63) is 30.1 Å². The lowest BCUT2D eigenvalue weighted by molar-refractivity contribution is 0.250. The lowest BCUT2D eigenvalue weighted by Crippen LogP contribution is -2.38. The van der Waals surface area contributed by atoms with Crippen LogP contribution in [0.2, 0.25) is 0 Å². The van der Waals surface area contributed by atoms with Gasteiger partial charge in [-0.05, 0) is 37.4 Å². The molecule has 0 amide bonds. The molecule has 2 N–H and O–H groups in total. The summed E-state index contributed by atoms with van der Waals surface area (Å²) in [6.07, 6.45) is 4.49. The van der Waals surface area contributed by atoms with Crippen LogP contribution < -0.4 is 5.73 Å². The topological polar surface area (TPSA) is 42.2 Å². The first-order chi connectivity index (χ1) is 7.79. The zero-order valence-electron chi connectivity index (χ0n) is 9.97. The predicted octanol–water partition coefficient (Wildman–Crippen LogP) is 1.64. The van der Waals surface area contributed by atoms with Crippen LogP contribution in [-0.4, -0.2) is 29.0 Å². The first kappa shape index (κ1) is 11.6. The molecule has 0 aliphatic heterocycles. The Morgan fingerprint density at radius 2 is 2.31 bits per heavy atom. The van der Waals surface area contributed by atoms with Gasteiger partial charge in [0.25, 0.3) is 0 Å². The maximum absolute atomic E-state index is 6.15.